The van der Waals surface area contributed by atoms with E-state index in [0.29, 0.717) is 5.56 Å². The average molecular weight is 227 g/mol. The molecule has 88 valence electrons. The van der Waals surface area contributed by atoms with Crippen molar-refractivity contribution in [2.45, 2.75) is 19.1 Å². The summed E-state index contributed by atoms with van der Waals surface area (Å²) in [5.74, 6) is -0.408. The quantitative estimate of drug-likeness (QED) is 0.855. The van der Waals surface area contributed by atoms with Gasteiger partial charge in [-0.1, -0.05) is 18.2 Å². The van der Waals surface area contributed by atoms with E-state index in [1.54, 1.807) is 25.1 Å². The standard InChI is InChI=1S/C11H14FNO3/c1-7(16-11(13)14)10(15-2)8-5-3-4-6-9(8)12/h3-7,10H,1-2H3,(H2,13,14)/t7-,10+/m0/s1. The number of carbonyl (C=O) groups excluding carboxylic acids is 1. The highest BCUT2D eigenvalue weighted by atomic mass is 19.1. The fourth-order valence-electron chi connectivity index (χ4n) is 1.52. The van der Waals surface area contributed by atoms with Crippen molar-refractivity contribution in [1.29, 1.82) is 0 Å². The molecule has 1 rings (SSSR count). The zero-order valence-corrected chi connectivity index (χ0v) is 9.14. The topological polar surface area (TPSA) is 61.6 Å². The Hall–Kier alpha value is -1.62. The number of carbonyl (C=O) groups is 1. The maximum atomic E-state index is 13.5. The van der Waals surface area contributed by atoms with E-state index < -0.39 is 24.1 Å². The molecular weight excluding hydrogens is 213 g/mol. The number of primary amides is 1. The summed E-state index contributed by atoms with van der Waals surface area (Å²) in [6.07, 6.45) is -2.24. The van der Waals surface area contributed by atoms with Gasteiger partial charge in [-0.25, -0.2) is 9.18 Å². The number of methoxy groups -OCH3 is 1. The fraction of sp³-hybridized carbons (Fsp3) is 0.364. The second kappa shape index (κ2) is 5.46. The molecule has 0 aromatic heterocycles. The molecule has 2 atom stereocenters. The first-order valence-corrected chi connectivity index (χ1v) is 4.79. The van der Waals surface area contributed by atoms with Crippen molar-refractivity contribution in [3.63, 3.8) is 0 Å². The van der Waals surface area contributed by atoms with E-state index in [1.165, 1.54) is 13.2 Å². The summed E-state index contributed by atoms with van der Waals surface area (Å²) in [6.45, 7) is 1.59. The molecule has 0 spiro atoms. The molecular formula is C11H14FNO3. The van der Waals surface area contributed by atoms with Gasteiger partial charge in [-0.3, -0.25) is 0 Å². The Balaban J connectivity index is 2.90. The van der Waals surface area contributed by atoms with Crippen LogP contribution in [0.2, 0.25) is 0 Å². The first kappa shape index (κ1) is 12.4. The van der Waals surface area contributed by atoms with Gasteiger partial charge >= 0.3 is 6.09 Å². The van der Waals surface area contributed by atoms with Crippen LogP contribution in [0, 0.1) is 5.82 Å². The minimum absolute atomic E-state index is 0.332. The molecule has 0 aliphatic rings. The molecule has 5 heteroatoms. The minimum atomic E-state index is -0.911. The summed E-state index contributed by atoms with van der Waals surface area (Å²) < 4.78 is 23.3. The third-order valence-electron chi connectivity index (χ3n) is 2.19. The largest absolute Gasteiger partial charge is 0.444 e. The van der Waals surface area contributed by atoms with Crippen LogP contribution in [0.1, 0.15) is 18.6 Å². The highest BCUT2D eigenvalue weighted by molar-refractivity contribution is 5.64. The van der Waals surface area contributed by atoms with Crippen molar-refractivity contribution in [1.82, 2.24) is 0 Å². The van der Waals surface area contributed by atoms with E-state index in [2.05, 4.69) is 0 Å². The Bertz CT molecular complexity index is 370. The van der Waals surface area contributed by atoms with Gasteiger partial charge in [-0.05, 0) is 13.0 Å². The number of ether oxygens (including phenoxy) is 2. The van der Waals surface area contributed by atoms with Crippen molar-refractivity contribution in [2.24, 2.45) is 5.73 Å². The third kappa shape index (κ3) is 2.93. The lowest BCUT2D eigenvalue weighted by Gasteiger charge is -2.22. The molecule has 16 heavy (non-hydrogen) atoms. The van der Waals surface area contributed by atoms with Gasteiger partial charge in [-0.15, -0.1) is 0 Å². The highest BCUT2D eigenvalue weighted by Gasteiger charge is 2.24. The van der Waals surface area contributed by atoms with Crippen molar-refractivity contribution in [2.75, 3.05) is 7.11 Å². The van der Waals surface area contributed by atoms with E-state index in [1.807, 2.05) is 0 Å². The van der Waals surface area contributed by atoms with E-state index in [-0.39, 0.29) is 0 Å². The zero-order valence-electron chi connectivity index (χ0n) is 9.14. The second-order valence-electron chi connectivity index (χ2n) is 3.32. The number of nitrogens with two attached hydrogens (primary N) is 1. The van der Waals surface area contributed by atoms with Gasteiger partial charge in [0.25, 0.3) is 0 Å². The monoisotopic (exact) mass is 227 g/mol. The Morgan fingerprint density at radius 1 is 1.44 bits per heavy atom. The molecule has 0 saturated heterocycles. The summed E-state index contributed by atoms with van der Waals surface area (Å²) >= 11 is 0. The van der Waals surface area contributed by atoms with Crippen LogP contribution < -0.4 is 5.73 Å². The van der Waals surface area contributed by atoms with E-state index in [9.17, 15) is 9.18 Å². The highest BCUT2D eigenvalue weighted by Crippen LogP contribution is 2.24. The van der Waals surface area contributed by atoms with E-state index >= 15 is 0 Å². The molecule has 0 saturated carbocycles. The summed E-state index contributed by atoms with van der Waals surface area (Å²) in [4.78, 5) is 10.6. The summed E-state index contributed by atoms with van der Waals surface area (Å²) in [5.41, 5.74) is 5.22. The predicted octanol–water partition coefficient (Wildman–Crippen LogP) is 2.00. The smallest absolute Gasteiger partial charge is 0.404 e. The van der Waals surface area contributed by atoms with Gasteiger partial charge in [0.05, 0.1) is 0 Å². The van der Waals surface area contributed by atoms with Gasteiger partial charge in [0.1, 0.15) is 18.0 Å². The first-order chi connectivity index (χ1) is 7.56. The zero-order chi connectivity index (χ0) is 12.1. The molecule has 0 heterocycles. The molecule has 0 unspecified atom stereocenters. The number of rotatable bonds is 4. The molecule has 0 radical (unpaired) electrons. The Morgan fingerprint density at radius 2 is 2.06 bits per heavy atom. The van der Waals surface area contributed by atoms with Crippen LogP contribution in [0.25, 0.3) is 0 Å². The van der Waals surface area contributed by atoms with Crippen molar-refractivity contribution in [3.05, 3.63) is 35.6 Å². The normalized spacial score (nSPS) is 14.2. The maximum absolute atomic E-state index is 13.5. The van der Waals surface area contributed by atoms with Crippen molar-refractivity contribution in [3.8, 4) is 0 Å². The lowest BCUT2D eigenvalue weighted by Crippen LogP contribution is -2.27. The Labute approximate surface area is 93.2 Å². The molecule has 2 N–H and O–H groups in total. The summed E-state index contributed by atoms with van der Waals surface area (Å²) in [5, 5.41) is 0. The van der Waals surface area contributed by atoms with Crippen molar-refractivity contribution >= 4 is 6.09 Å². The minimum Gasteiger partial charge on any atom is -0.444 e. The van der Waals surface area contributed by atoms with Gasteiger partial charge in [0.15, 0.2) is 0 Å². The van der Waals surface area contributed by atoms with Crippen LogP contribution in [-0.2, 0) is 9.47 Å². The maximum Gasteiger partial charge on any atom is 0.404 e. The summed E-state index contributed by atoms with van der Waals surface area (Å²) in [6, 6.07) is 6.15. The molecule has 1 aromatic rings. The molecule has 1 aromatic carbocycles. The lowest BCUT2D eigenvalue weighted by atomic mass is 10.0. The molecule has 1 amide bonds. The van der Waals surface area contributed by atoms with Gasteiger partial charge in [0, 0.05) is 12.7 Å². The van der Waals surface area contributed by atoms with E-state index in [4.69, 9.17) is 15.2 Å². The number of halogens is 1. The Morgan fingerprint density at radius 3 is 2.56 bits per heavy atom. The molecule has 0 bridgehead atoms. The predicted molar refractivity (Wildman–Crippen MR) is 56.3 cm³/mol. The SMILES string of the molecule is CO[C@@H](c1ccccc1F)[C@H](C)OC(N)=O. The fourth-order valence-corrected chi connectivity index (χ4v) is 1.52. The Kier molecular flexibility index (Phi) is 4.25. The number of hydrogen-bond acceptors (Lipinski definition) is 3. The van der Waals surface area contributed by atoms with Gasteiger partial charge in [-0.2, -0.15) is 0 Å². The second-order valence-corrected chi connectivity index (χ2v) is 3.32. The van der Waals surface area contributed by atoms with Crippen LogP contribution in [0.5, 0.6) is 0 Å². The average Bonchev–Trinajstić information content (AvgIpc) is 2.20. The molecule has 0 aliphatic heterocycles. The van der Waals surface area contributed by atoms with Crippen LogP contribution in [0.15, 0.2) is 24.3 Å². The molecule has 0 aliphatic carbocycles. The molecule has 4 nitrogen and oxygen atoms in total. The van der Waals surface area contributed by atoms with Crippen LogP contribution in [-0.4, -0.2) is 19.3 Å². The first-order valence-electron chi connectivity index (χ1n) is 4.79. The summed E-state index contributed by atoms with van der Waals surface area (Å²) in [7, 11) is 1.41. The molecule has 0 fully saturated rings. The van der Waals surface area contributed by atoms with E-state index in [0.717, 1.165) is 0 Å². The van der Waals surface area contributed by atoms with Crippen LogP contribution >= 0.6 is 0 Å². The third-order valence-corrected chi connectivity index (χ3v) is 2.19. The lowest BCUT2D eigenvalue weighted by molar-refractivity contribution is -0.0138. The number of hydrogen-bond donors (Lipinski definition) is 1. The number of amides is 1. The van der Waals surface area contributed by atoms with Gasteiger partial charge < -0.3 is 15.2 Å². The van der Waals surface area contributed by atoms with Gasteiger partial charge in [0.2, 0.25) is 0 Å². The number of benzene rings is 1. The van der Waals surface area contributed by atoms with Crippen LogP contribution in [0.3, 0.4) is 0 Å². The van der Waals surface area contributed by atoms with Crippen LogP contribution in [0.4, 0.5) is 9.18 Å². The van der Waals surface area contributed by atoms with Crippen molar-refractivity contribution < 1.29 is 18.7 Å².